The van der Waals surface area contributed by atoms with E-state index in [1.807, 2.05) is 6.92 Å². The number of amides is 1. The van der Waals surface area contributed by atoms with Gasteiger partial charge in [0.05, 0.1) is 18.3 Å². The predicted octanol–water partition coefficient (Wildman–Crippen LogP) is 4.49. The Morgan fingerprint density at radius 1 is 1.26 bits per heavy atom. The molecule has 3 N–H and O–H groups in total. The van der Waals surface area contributed by atoms with E-state index in [1.165, 1.54) is 42.1 Å². The molecule has 12 heteroatoms. The number of carbonyl (C=O) groups excluding carboxylic acids is 1. The fourth-order valence-electron chi connectivity index (χ4n) is 3.84. The highest BCUT2D eigenvalue weighted by Crippen LogP contribution is 2.46. The molecule has 1 aromatic heterocycles. The Balaban J connectivity index is 1.79. The lowest BCUT2D eigenvalue weighted by molar-refractivity contribution is -0.153. The van der Waals surface area contributed by atoms with Crippen molar-refractivity contribution in [2.24, 2.45) is 10.7 Å². The summed E-state index contributed by atoms with van der Waals surface area (Å²) in [6.07, 6.45) is -3.03. The number of nitrogens with zero attached hydrogens (tertiary/aromatic N) is 2. The Morgan fingerprint density at radius 3 is 2.62 bits per heavy atom. The van der Waals surface area contributed by atoms with Crippen molar-refractivity contribution >= 4 is 28.5 Å². The highest BCUT2D eigenvalue weighted by molar-refractivity contribution is 8.15. The number of halogens is 4. The Labute approximate surface area is 198 Å². The standard InChI is InChI=1S/C22H24F4N4O3S/c1-20(11-32-3)10-21(2,30-19(27)34-20)15-8-13(4-6-16(15)23)29-18(31)17-7-5-14(9-28-17)33-12-22(24,25)26/h4-9H,10-12H2,1-3H3,(H2,27,30)(H,29,31)/t20-,21+/m1/s1. The summed E-state index contributed by atoms with van der Waals surface area (Å²) in [7, 11) is 1.57. The van der Waals surface area contributed by atoms with Crippen LogP contribution < -0.4 is 15.8 Å². The summed E-state index contributed by atoms with van der Waals surface area (Å²) in [4.78, 5) is 20.9. The van der Waals surface area contributed by atoms with E-state index >= 15 is 0 Å². The number of hydrogen-bond donors (Lipinski definition) is 2. The van der Waals surface area contributed by atoms with E-state index in [-0.39, 0.29) is 17.0 Å². The topological polar surface area (TPSA) is 98.8 Å². The molecule has 0 unspecified atom stereocenters. The van der Waals surface area contributed by atoms with Crippen molar-refractivity contribution in [3.05, 3.63) is 53.6 Å². The molecule has 0 radical (unpaired) electrons. The Bertz CT molecular complexity index is 1080. The van der Waals surface area contributed by atoms with Gasteiger partial charge < -0.3 is 20.5 Å². The van der Waals surface area contributed by atoms with Crippen molar-refractivity contribution in [2.45, 2.75) is 36.7 Å². The molecule has 0 spiro atoms. The van der Waals surface area contributed by atoms with Crippen LogP contribution in [0.25, 0.3) is 0 Å². The minimum Gasteiger partial charge on any atom is -0.483 e. The number of pyridine rings is 1. The van der Waals surface area contributed by atoms with Crippen LogP contribution in [0, 0.1) is 5.82 Å². The fourth-order valence-corrected chi connectivity index (χ4v) is 5.12. The molecule has 3 rings (SSSR count). The molecule has 1 amide bonds. The van der Waals surface area contributed by atoms with E-state index in [0.29, 0.717) is 23.9 Å². The van der Waals surface area contributed by atoms with Gasteiger partial charge in [0.1, 0.15) is 17.3 Å². The van der Waals surface area contributed by atoms with Crippen LogP contribution >= 0.6 is 11.8 Å². The maximum absolute atomic E-state index is 14.9. The van der Waals surface area contributed by atoms with Crippen LogP contribution in [-0.4, -0.2) is 47.3 Å². The summed E-state index contributed by atoms with van der Waals surface area (Å²) in [5.74, 6) is -1.26. The van der Waals surface area contributed by atoms with Gasteiger partial charge in [-0.3, -0.25) is 9.79 Å². The molecule has 2 heterocycles. The lowest BCUT2D eigenvalue weighted by Gasteiger charge is -2.41. The number of benzene rings is 1. The van der Waals surface area contributed by atoms with Crippen LogP contribution in [0.4, 0.5) is 23.2 Å². The van der Waals surface area contributed by atoms with E-state index in [9.17, 15) is 22.4 Å². The largest absolute Gasteiger partial charge is 0.483 e. The fraction of sp³-hybridized carbons (Fsp3) is 0.409. The first-order valence-electron chi connectivity index (χ1n) is 10.1. The van der Waals surface area contributed by atoms with Crippen LogP contribution in [0.1, 0.15) is 36.3 Å². The average Bonchev–Trinajstić information content (AvgIpc) is 2.72. The molecule has 0 bridgehead atoms. The third-order valence-corrected chi connectivity index (χ3v) is 6.11. The summed E-state index contributed by atoms with van der Waals surface area (Å²) in [5.41, 5.74) is 5.53. The molecule has 0 aliphatic carbocycles. The van der Waals surface area contributed by atoms with E-state index in [1.54, 1.807) is 14.0 Å². The Morgan fingerprint density at radius 2 is 2.00 bits per heavy atom. The summed E-state index contributed by atoms with van der Waals surface area (Å²) >= 11 is 1.36. The van der Waals surface area contributed by atoms with E-state index in [0.717, 1.165) is 6.20 Å². The second-order valence-electron chi connectivity index (χ2n) is 8.32. The van der Waals surface area contributed by atoms with Gasteiger partial charge in [0.25, 0.3) is 5.91 Å². The molecule has 0 saturated carbocycles. The van der Waals surface area contributed by atoms with Crippen LogP contribution in [0.5, 0.6) is 5.75 Å². The Hall–Kier alpha value is -2.86. The van der Waals surface area contributed by atoms with Crippen molar-refractivity contribution in [3.63, 3.8) is 0 Å². The molecule has 184 valence electrons. The van der Waals surface area contributed by atoms with Gasteiger partial charge in [0, 0.05) is 23.1 Å². The molecular formula is C22H24F4N4O3S. The highest BCUT2D eigenvalue weighted by atomic mass is 32.2. The second-order valence-corrected chi connectivity index (χ2v) is 9.93. The molecular weight excluding hydrogens is 476 g/mol. The van der Waals surface area contributed by atoms with Crippen LogP contribution in [0.2, 0.25) is 0 Å². The van der Waals surface area contributed by atoms with E-state index in [2.05, 4.69) is 20.0 Å². The minimum atomic E-state index is -4.49. The number of anilines is 1. The van der Waals surface area contributed by atoms with Crippen molar-refractivity contribution in [3.8, 4) is 5.75 Å². The quantitative estimate of drug-likeness (QED) is 0.544. The first kappa shape index (κ1) is 25.8. The maximum Gasteiger partial charge on any atom is 0.422 e. The van der Waals surface area contributed by atoms with Crippen molar-refractivity contribution in [1.29, 1.82) is 0 Å². The number of aromatic nitrogens is 1. The number of ether oxygens (including phenoxy) is 2. The third kappa shape index (κ3) is 6.38. The van der Waals surface area contributed by atoms with Gasteiger partial charge in [-0.1, -0.05) is 11.8 Å². The number of thioether (sulfide) groups is 1. The number of hydrogen-bond acceptors (Lipinski definition) is 7. The number of aliphatic imine (C=N–C) groups is 1. The van der Waals surface area contributed by atoms with Crippen LogP contribution in [0.3, 0.4) is 0 Å². The summed E-state index contributed by atoms with van der Waals surface area (Å²) in [6, 6.07) is 6.53. The van der Waals surface area contributed by atoms with E-state index in [4.69, 9.17) is 10.5 Å². The summed E-state index contributed by atoms with van der Waals surface area (Å²) in [5, 5.41) is 2.92. The number of carbonyl (C=O) groups is 1. The molecule has 0 fully saturated rings. The average molecular weight is 501 g/mol. The molecule has 1 aromatic carbocycles. The first-order valence-corrected chi connectivity index (χ1v) is 10.9. The lowest BCUT2D eigenvalue weighted by atomic mass is 9.83. The first-order chi connectivity index (χ1) is 15.8. The molecule has 1 aliphatic heterocycles. The monoisotopic (exact) mass is 500 g/mol. The molecule has 34 heavy (non-hydrogen) atoms. The van der Waals surface area contributed by atoms with Gasteiger partial charge in [-0.25, -0.2) is 9.37 Å². The number of nitrogens with two attached hydrogens (primary N) is 1. The smallest absolute Gasteiger partial charge is 0.422 e. The number of methoxy groups -OCH3 is 1. The van der Waals surface area contributed by atoms with Gasteiger partial charge in [0.15, 0.2) is 11.8 Å². The summed E-state index contributed by atoms with van der Waals surface area (Å²) in [6.45, 7) is 2.64. The van der Waals surface area contributed by atoms with Crippen LogP contribution in [-0.2, 0) is 10.3 Å². The third-order valence-electron chi connectivity index (χ3n) is 5.05. The number of rotatable bonds is 7. The zero-order chi connectivity index (χ0) is 25.1. The van der Waals surface area contributed by atoms with Gasteiger partial charge >= 0.3 is 6.18 Å². The molecule has 2 aromatic rings. The van der Waals surface area contributed by atoms with Gasteiger partial charge in [-0.05, 0) is 50.6 Å². The number of amidine groups is 1. The minimum absolute atomic E-state index is 0.0551. The van der Waals surface area contributed by atoms with Crippen LogP contribution in [0.15, 0.2) is 41.5 Å². The van der Waals surface area contributed by atoms with Gasteiger partial charge in [-0.15, -0.1) is 0 Å². The zero-order valence-electron chi connectivity index (χ0n) is 18.7. The molecule has 2 atom stereocenters. The van der Waals surface area contributed by atoms with Gasteiger partial charge in [-0.2, -0.15) is 13.2 Å². The van der Waals surface area contributed by atoms with Crippen molar-refractivity contribution in [1.82, 2.24) is 4.98 Å². The maximum atomic E-state index is 14.9. The predicted molar refractivity (Wildman–Crippen MR) is 122 cm³/mol. The van der Waals surface area contributed by atoms with Gasteiger partial charge in [0.2, 0.25) is 0 Å². The number of alkyl halides is 3. The normalized spacial score (nSPS) is 22.7. The highest BCUT2D eigenvalue weighted by Gasteiger charge is 2.43. The number of nitrogens with one attached hydrogen (secondary N) is 1. The molecule has 1 aliphatic rings. The summed E-state index contributed by atoms with van der Waals surface area (Å²) < 4.78 is 61.1. The van der Waals surface area contributed by atoms with Crippen molar-refractivity contribution in [2.75, 3.05) is 25.6 Å². The van der Waals surface area contributed by atoms with Crippen molar-refractivity contribution < 1.29 is 31.8 Å². The molecule has 0 saturated heterocycles. The van der Waals surface area contributed by atoms with E-state index < -0.39 is 34.8 Å². The Kier molecular flexibility index (Phi) is 7.41. The molecule has 7 nitrogen and oxygen atoms in total. The second kappa shape index (κ2) is 9.79. The SMILES string of the molecule is COC[C@@]1(C)C[C@@](C)(c2cc(NC(=O)c3ccc(OCC(F)(F)F)cn3)ccc2F)N=C(N)S1. The zero-order valence-corrected chi connectivity index (χ0v) is 19.5. The lowest BCUT2D eigenvalue weighted by Crippen LogP contribution is -2.43.